The van der Waals surface area contributed by atoms with Crippen LogP contribution in [-0.4, -0.2) is 18.8 Å². The van der Waals surface area contributed by atoms with E-state index in [1.165, 1.54) is 41.3 Å². The Morgan fingerprint density at radius 2 is 1.89 bits per heavy atom. The number of thiophene rings is 1. The zero-order valence-electron chi connectivity index (χ0n) is 15.6. The first-order valence-corrected chi connectivity index (χ1v) is 11.7. The molecule has 5 heteroatoms. The number of nitrogens with one attached hydrogen (secondary N) is 1. The van der Waals surface area contributed by atoms with Gasteiger partial charge in [0.25, 0.3) is 0 Å². The summed E-state index contributed by atoms with van der Waals surface area (Å²) in [6, 6.07) is 7.23. The summed E-state index contributed by atoms with van der Waals surface area (Å²) in [6.45, 7) is 2.65. The maximum atomic E-state index is 13.5. The summed E-state index contributed by atoms with van der Waals surface area (Å²) in [7, 11) is 0. The van der Waals surface area contributed by atoms with E-state index in [9.17, 15) is 4.39 Å². The fourth-order valence-corrected chi connectivity index (χ4v) is 6.40. The summed E-state index contributed by atoms with van der Waals surface area (Å²) >= 11 is 5.33. The van der Waals surface area contributed by atoms with Crippen LogP contribution in [-0.2, 0) is 16.7 Å². The first-order chi connectivity index (χ1) is 13.1. The lowest BCUT2D eigenvalue weighted by atomic mass is 9.66. The smallest absolute Gasteiger partial charge is 0.123 e. The van der Waals surface area contributed by atoms with E-state index in [1.807, 2.05) is 12.1 Å². The second-order valence-electron chi connectivity index (χ2n) is 8.12. The number of ether oxygens (including phenoxy) is 1. The van der Waals surface area contributed by atoms with Crippen molar-refractivity contribution in [3.63, 3.8) is 0 Å². The van der Waals surface area contributed by atoms with Gasteiger partial charge in [-0.15, -0.1) is 0 Å². The van der Waals surface area contributed by atoms with Crippen LogP contribution in [0.4, 0.5) is 4.39 Å². The monoisotopic (exact) mass is 451 g/mol. The molecule has 1 atom stereocenters. The van der Waals surface area contributed by atoms with E-state index in [4.69, 9.17) is 4.74 Å². The highest BCUT2D eigenvalue weighted by Crippen LogP contribution is 2.50. The maximum Gasteiger partial charge on any atom is 0.123 e. The van der Waals surface area contributed by atoms with Crippen LogP contribution in [0.2, 0.25) is 0 Å². The van der Waals surface area contributed by atoms with E-state index in [-0.39, 0.29) is 16.8 Å². The summed E-state index contributed by atoms with van der Waals surface area (Å²) < 4.78 is 21.0. The van der Waals surface area contributed by atoms with Crippen LogP contribution in [0.1, 0.15) is 56.1 Å². The molecule has 1 saturated heterocycles. The minimum absolute atomic E-state index is 0.0447. The predicted octanol–water partition coefficient (Wildman–Crippen LogP) is 6.19. The second kappa shape index (κ2) is 8.32. The van der Waals surface area contributed by atoms with Crippen LogP contribution < -0.4 is 5.32 Å². The molecule has 0 unspecified atom stereocenters. The summed E-state index contributed by atoms with van der Waals surface area (Å²) in [4.78, 5) is 0. The molecular formula is C22H27BrFNOS. The van der Waals surface area contributed by atoms with Gasteiger partial charge in [0.2, 0.25) is 0 Å². The molecule has 27 heavy (non-hydrogen) atoms. The molecule has 1 saturated carbocycles. The third-order valence-electron chi connectivity index (χ3n) is 6.41. The van der Waals surface area contributed by atoms with E-state index in [0.717, 1.165) is 39.0 Å². The minimum Gasteiger partial charge on any atom is -0.375 e. The maximum absolute atomic E-state index is 13.5. The van der Waals surface area contributed by atoms with Gasteiger partial charge < -0.3 is 10.1 Å². The first kappa shape index (κ1) is 19.6. The molecule has 2 fully saturated rings. The highest BCUT2D eigenvalue weighted by Gasteiger charge is 2.47. The van der Waals surface area contributed by atoms with Crippen LogP contribution in [0.5, 0.6) is 0 Å². The average Bonchev–Trinajstić information content (AvgIpc) is 3.28. The Kier molecular flexibility index (Phi) is 6.03. The molecule has 2 nitrogen and oxygen atoms in total. The number of hydrogen-bond acceptors (Lipinski definition) is 3. The van der Waals surface area contributed by atoms with Crippen LogP contribution in [0.3, 0.4) is 0 Å². The van der Waals surface area contributed by atoms with Gasteiger partial charge in [0.15, 0.2) is 0 Å². The Bertz CT molecular complexity index is 756. The van der Waals surface area contributed by atoms with Crippen LogP contribution in [0, 0.1) is 5.82 Å². The molecule has 146 valence electrons. The molecule has 0 bridgehead atoms. The molecule has 4 rings (SSSR count). The van der Waals surface area contributed by atoms with Gasteiger partial charge in [0, 0.05) is 28.4 Å². The van der Waals surface area contributed by atoms with Crippen molar-refractivity contribution in [3.8, 4) is 0 Å². The Balaban J connectivity index is 1.49. The molecule has 2 heterocycles. The van der Waals surface area contributed by atoms with Crippen molar-refractivity contribution in [2.75, 3.05) is 13.2 Å². The van der Waals surface area contributed by atoms with Crippen LogP contribution >= 0.6 is 27.3 Å². The van der Waals surface area contributed by atoms with Crippen LogP contribution in [0.25, 0.3) is 0 Å². The highest BCUT2D eigenvalue weighted by molar-refractivity contribution is 9.10. The van der Waals surface area contributed by atoms with Gasteiger partial charge in [-0.1, -0.05) is 25.0 Å². The molecule has 2 aromatic rings. The first-order valence-electron chi connectivity index (χ1n) is 9.92. The Labute approximate surface area is 173 Å². The summed E-state index contributed by atoms with van der Waals surface area (Å²) in [5, 5.41) is 7.94. The Morgan fingerprint density at radius 3 is 2.59 bits per heavy atom. The number of halogens is 2. The van der Waals surface area contributed by atoms with Crippen molar-refractivity contribution in [1.82, 2.24) is 5.32 Å². The minimum atomic E-state index is -0.156. The van der Waals surface area contributed by atoms with Crippen molar-refractivity contribution in [3.05, 3.63) is 56.4 Å². The topological polar surface area (TPSA) is 21.3 Å². The molecule has 1 aromatic heterocycles. The zero-order valence-corrected chi connectivity index (χ0v) is 18.0. The molecule has 2 aliphatic rings. The zero-order chi connectivity index (χ0) is 18.7. The molecular weight excluding hydrogens is 425 g/mol. The average molecular weight is 452 g/mol. The normalized spacial score (nSPS) is 24.5. The van der Waals surface area contributed by atoms with Gasteiger partial charge >= 0.3 is 0 Å². The second-order valence-corrected chi connectivity index (χ2v) is 9.72. The lowest BCUT2D eigenvalue weighted by Gasteiger charge is -2.47. The Morgan fingerprint density at radius 1 is 1.11 bits per heavy atom. The fourth-order valence-electron chi connectivity index (χ4n) is 4.95. The Hall–Kier alpha value is -0.750. The van der Waals surface area contributed by atoms with Gasteiger partial charge in [0.05, 0.1) is 5.60 Å². The summed E-state index contributed by atoms with van der Waals surface area (Å²) in [5.41, 5.74) is 2.71. The fraction of sp³-hybridized carbons (Fsp3) is 0.545. The van der Waals surface area contributed by atoms with E-state index in [0.29, 0.717) is 0 Å². The summed E-state index contributed by atoms with van der Waals surface area (Å²) in [6.07, 6.45) is 8.02. The number of rotatable bonds is 6. The van der Waals surface area contributed by atoms with Crippen molar-refractivity contribution in [2.45, 2.75) is 62.5 Å². The van der Waals surface area contributed by atoms with E-state index in [2.05, 4.69) is 32.0 Å². The van der Waals surface area contributed by atoms with E-state index >= 15 is 0 Å². The van der Waals surface area contributed by atoms with Crippen molar-refractivity contribution < 1.29 is 9.13 Å². The van der Waals surface area contributed by atoms with E-state index in [1.54, 1.807) is 23.5 Å². The predicted molar refractivity (Wildman–Crippen MR) is 113 cm³/mol. The number of benzene rings is 1. The van der Waals surface area contributed by atoms with E-state index < -0.39 is 0 Å². The molecule has 1 aromatic carbocycles. The standard InChI is InChI=1S/C22H27BrFNOS/c23-20-15-27-14-17(20)13-25-11-9-21(18-3-5-19(24)6-4-18)10-12-26-22(16-21)7-1-2-8-22/h3-6,14-15,25H,1-2,7-13,16H2/t21-/m1/s1. The molecule has 1 N–H and O–H groups in total. The molecule has 0 radical (unpaired) electrons. The van der Waals surface area contributed by atoms with Gasteiger partial charge in [-0.25, -0.2) is 4.39 Å². The van der Waals surface area contributed by atoms with Gasteiger partial charge in [-0.2, -0.15) is 11.3 Å². The van der Waals surface area contributed by atoms with Gasteiger partial charge in [-0.05, 0) is 83.2 Å². The lowest BCUT2D eigenvalue weighted by molar-refractivity contribution is -0.103. The third-order valence-corrected chi connectivity index (χ3v) is 8.24. The SMILES string of the molecule is Fc1ccc([C@]2(CCNCc3cscc3Br)CCOC3(CCCC3)C2)cc1. The van der Waals surface area contributed by atoms with Gasteiger partial charge in [0.1, 0.15) is 5.82 Å². The van der Waals surface area contributed by atoms with Crippen molar-refractivity contribution in [1.29, 1.82) is 0 Å². The van der Waals surface area contributed by atoms with Gasteiger partial charge in [-0.3, -0.25) is 0 Å². The van der Waals surface area contributed by atoms with Crippen molar-refractivity contribution >= 4 is 27.3 Å². The molecule has 1 spiro atoms. The molecule has 0 amide bonds. The third kappa shape index (κ3) is 4.31. The van der Waals surface area contributed by atoms with Crippen LogP contribution in [0.15, 0.2) is 39.5 Å². The quantitative estimate of drug-likeness (QED) is 0.528. The highest BCUT2D eigenvalue weighted by atomic mass is 79.9. The van der Waals surface area contributed by atoms with Crippen molar-refractivity contribution in [2.24, 2.45) is 0 Å². The molecule has 1 aliphatic carbocycles. The lowest BCUT2D eigenvalue weighted by Crippen LogP contribution is -2.47. The summed E-state index contributed by atoms with van der Waals surface area (Å²) in [5.74, 6) is -0.156. The number of hydrogen-bond donors (Lipinski definition) is 1. The largest absolute Gasteiger partial charge is 0.375 e. The molecule has 1 aliphatic heterocycles.